The highest BCUT2D eigenvalue weighted by molar-refractivity contribution is 5.78. The second-order valence-corrected chi connectivity index (χ2v) is 5.03. The van der Waals surface area contributed by atoms with Crippen molar-refractivity contribution in [1.82, 2.24) is 5.32 Å². The molecule has 0 saturated carbocycles. The van der Waals surface area contributed by atoms with Crippen LogP contribution < -0.4 is 10.1 Å². The van der Waals surface area contributed by atoms with Gasteiger partial charge in [0.05, 0.1) is 18.5 Å². The van der Waals surface area contributed by atoms with Gasteiger partial charge in [0.2, 0.25) is 5.91 Å². The first-order chi connectivity index (χ1) is 11.3. The maximum absolute atomic E-state index is 12.7. The van der Waals surface area contributed by atoms with Crippen LogP contribution >= 0.6 is 0 Å². The van der Waals surface area contributed by atoms with E-state index in [-0.39, 0.29) is 37.0 Å². The number of benzene rings is 2. The lowest BCUT2D eigenvalue weighted by Crippen LogP contribution is -2.29. The molecule has 2 aromatic carbocycles. The summed E-state index contributed by atoms with van der Waals surface area (Å²) in [4.78, 5) is 11.7. The summed E-state index contributed by atoms with van der Waals surface area (Å²) in [6, 6.07) is 10.1. The minimum absolute atomic E-state index is 0.0382. The lowest BCUT2D eigenvalue weighted by atomic mass is 10.1. The number of rotatable bonds is 6. The van der Waals surface area contributed by atoms with Crippen molar-refractivity contribution in [2.45, 2.75) is 12.6 Å². The molecule has 1 N–H and O–H groups in total. The monoisotopic (exact) mass is 341 g/mol. The fourth-order valence-corrected chi connectivity index (χ4v) is 1.97. The molecule has 0 bridgehead atoms. The van der Waals surface area contributed by atoms with Crippen LogP contribution in [-0.4, -0.2) is 19.1 Å². The highest BCUT2D eigenvalue weighted by Gasteiger charge is 2.30. The van der Waals surface area contributed by atoms with Gasteiger partial charge in [0.1, 0.15) is 18.2 Å². The number of nitrogens with one attached hydrogen (secondary N) is 1. The van der Waals surface area contributed by atoms with E-state index in [0.29, 0.717) is 5.56 Å². The highest BCUT2D eigenvalue weighted by atomic mass is 19.4. The normalized spacial score (nSPS) is 11.2. The average molecular weight is 341 g/mol. The Hall–Kier alpha value is -2.57. The second kappa shape index (κ2) is 7.81. The van der Waals surface area contributed by atoms with Crippen LogP contribution in [0, 0.1) is 5.82 Å². The molecule has 0 radical (unpaired) electrons. The fraction of sp³-hybridized carbons (Fsp3) is 0.235. The minimum atomic E-state index is -4.43. The largest absolute Gasteiger partial charge is 0.492 e. The molecule has 0 heterocycles. The highest BCUT2D eigenvalue weighted by Crippen LogP contribution is 2.31. The molecule has 1 amide bonds. The van der Waals surface area contributed by atoms with Crippen molar-refractivity contribution < 1.29 is 27.1 Å². The van der Waals surface area contributed by atoms with E-state index in [0.717, 1.165) is 12.1 Å². The first kappa shape index (κ1) is 17.8. The number of hydrogen-bond donors (Lipinski definition) is 1. The summed E-state index contributed by atoms with van der Waals surface area (Å²) >= 11 is 0. The van der Waals surface area contributed by atoms with Crippen molar-refractivity contribution in [3.63, 3.8) is 0 Å². The molecule has 0 saturated heterocycles. The first-order valence-electron chi connectivity index (χ1n) is 7.16. The summed E-state index contributed by atoms with van der Waals surface area (Å²) in [5, 5.41) is 2.58. The third-order valence-corrected chi connectivity index (χ3v) is 3.13. The Morgan fingerprint density at radius 1 is 1.08 bits per heavy atom. The number of carbonyl (C=O) groups is 1. The average Bonchev–Trinajstić information content (AvgIpc) is 2.53. The van der Waals surface area contributed by atoms with E-state index in [1.807, 2.05) is 0 Å². The lowest BCUT2D eigenvalue weighted by molar-refractivity contribution is -0.137. The zero-order chi connectivity index (χ0) is 17.6. The Morgan fingerprint density at radius 2 is 1.79 bits per heavy atom. The molecule has 0 aliphatic carbocycles. The molecule has 0 spiro atoms. The second-order valence-electron chi connectivity index (χ2n) is 5.03. The molecule has 24 heavy (non-hydrogen) atoms. The summed E-state index contributed by atoms with van der Waals surface area (Å²) in [6.45, 7) is 0.187. The van der Waals surface area contributed by atoms with E-state index in [2.05, 4.69) is 5.32 Å². The molecule has 0 aromatic heterocycles. The van der Waals surface area contributed by atoms with Crippen LogP contribution in [0.4, 0.5) is 17.6 Å². The van der Waals surface area contributed by atoms with Crippen molar-refractivity contribution in [2.24, 2.45) is 0 Å². The Balaban J connectivity index is 1.74. The summed E-state index contributed by atoms with van der Waals surface area (Å²) in [5.41, 5.74) is -0.131. The zero-order valence-electron chi connectivity index (χ0n) is 12.6. The van der Waals surface area contributed by atoms with Gasteiger partial charge in [0.15, 0.2) is 0 Å². The van der Waals surface area contributed by atoms with Crippen LogP contribution in [-0.2, 0) is 17.4 Å². The van der Waals surface area contributed by atoms with Crippen LogP contribution in [0.3, 0.4) is 0 Å². The Bertz CT molecular complexity index is 684. The molecule has 7 heteroatoms. The van der Waals surface area contributed by atoms with Gasteiger partial charge in [-0.25, -0.2) is 4.39 Å². The summed E-state index contributed by atoms with van der Waals surface area (Å²) in [6.07, 6.45) is -4.34. The molecule has 3 nitrogen and oxygen atoms in total. The van der Waals surface area contributed by atoms with Crippen molar-refractivity contribution in [1.29, 1.82) is 0 Å². The van der Waals surface area contributed by atoms with Gasteiger partial charge in [-0.15, -0.1) is 0 Å². The Morgan fingerprint density at radius 3 is 2.46 bits per heavy atom. The summed E-state index contributed by atoms with van der Waals surface area (Å²) in [7, 11) is 0. The van der Waals surface area contributed by atoms with Crippen LogP contribution in [0.1, 0.15) is 11.1 Å². The molecule has 128 valence electrons. The molecular formula is C17H15F4NO2. The van der Waals surface area contributed by atoms with E-state index in [9.17, 15) is 22.4 Å². The van der Waals surface area contributed by atoms with E-state index >= 15 is 0 Å². The van der Waals surface area contributed by atoms with Crippen LogP contribution in [0.15, 0.2) is 48.5 Å². The van der Waals surface area contributed by atoms with Crippen LogP contribution in [0.2, 0.25) is 0 Å². The number of halogens is 4. The molecule has 2 rings (SSSR count). The number of carbonyl (C=O) groups excluding carboxylic acids is 1. The summed E-state index contributed by atoms with van der Waals surface area (Å²) < 4.78 is 55.6. The molecule has 0 atom stereocenters. The van der Waals surface area contributed by atoms with Crippen LogP contribution in [0.25, 0.3) is 0 Å². The number of alkyl halides is 3. The zero-order valence-corrected chi connectivity index (χ0v) is 12.6. The number of amides is 1. The minimum Gasteiger partial charge on any atom is -0.492 e. The maximum atomic E-state index is 12.7. The van der Waals surface area contributed by atoms with Gasteiger partial charge in [0.25, 0.3) is 0 Å². The predicted molar refractivity (Wildman–Crippen MR) is 80.1 cm³/mol. The smallest absolute Gasteiger partial charge is 0.416 e. The van der Waals surface area contributed by atoms with Gasteiger partial charge >= 0.3 is 6.18 Å². The van der Waals surface area contributed by atoms with E-state index in [4.69, 9.17) is 4.74 Å². The van der Waals surface area contributed by atoms with E-state index in [1.54, 1.807) is 0 Å². The quantitative estimate of drug-likeness (QED) is 0.644. The fourth-order valence-electron chi connectivity index (χ4n) is 1.97. The molecular weight excluding hydrogens is 326 g/mol. The number of ether oxygens (including phenoxy) is 1. The Kier molecular flexibility index (Phi) is 5.78. The van der Waals surface area contributed by atoms with Crippen molar-refractivity contribution in [3.05, 3.63) is 65.5 Å². The topological polar surface area (TPSA) is 38.3 Å². The van der Waals surface area contributed by atoms with Gasteiger partial charge in [-0.05, 0) is 35.9 Å². The molecule has 0 unspecified atom stereocenters. The SMILES string of the molecule is O=C(Cc1ccc(F)cc1)NCCOc1cccc(C(F)(F)F)c1. The molecule has 0 aliphatic rings. The van der Waals surface area contributed by atoms with Gasteiger partial charge in [-0.2, -0.15) is 13.2 Å². The van der Waals surface area contributed by atoms with Crippen molar-refractivity contribution >= 4 is 5.91 Å². The summed E-state index contributed by atoms with van der Waals surface area (Å²) in [5.74, 6) is -0.583. The van der Waals surface area contributed by atoms with Crippen LogP contribution in [0.5, 0.6) is 5.75 Å². The third kappa shape index (κ3) is 5.57. The van der Waals surface area contributed by atoms with Gasteiger partial charge in [-0.3, -0.25) is 4.79 Å². The molecule has 0 fully saturated rings. The predicted octanol–water partition coefficient (Wildman–Crippen LogP) is 3.58. The maximum Gasteiger partial charge on any atom is 0.416 e. The van der Waals surface area contributed by atoms with Gasteiger partial charge < -0.3 is 10.1 Å². The van der Waals surface area contributed by atoms with E-state index in [1.165, 1.54) is 36.4 Å². The van der Waals surface area contributed by atoms with Crippen molar-refractivity contribution in [2.75, 3.05) is 13.2 Å². The van der Waals surface area contributed by atoms with Crippen molar-refractivity contribution in [3.8, 4) is 5.75 Å². The first-order valence-corrected chi connectivity index (χ1v) is 7.16. The molecule has 2 aromatic rings. The Labute approximate surface area is 136 Å². The number of hydrogen-bond acceptors (Lipinski definition) is 2. The third-order valence-electron chi connectivity index (χ3n) is 3.13. The lowest BCUT2D eigenvalue weighted by Gasteiger charge is -2.10. The standard InChI is InChI=1S/C17H15F4NO2/c18-14-6-4-12(5-7-14)10-16(23)22-8-9-24-15-3-1-2-13(11-15)17(19,20)21/h1-7,11H,8-10H2,(H,22,23). The van der Waals surface area contributed by atoms with Gasteiger partial charge in [-0.1, -0.05) is 18.2 Å². The molecule has 0 aliphatic heterocycles. The van der Waals surface area contributed by atoms with Gasteiger partial charge in [0, 0.05) is 0 Å². The van der Waals surface area contributed by atoms with E-state index < -0.39 is 11.7 Å².